The Kier molecular flexibility index (Phi) is 9.96. The van der Waals surface area contributed by atoms with E-state index in [-0.39, 0.29) is 35.9 Å². The van der Waals surface area contributed by atoms with E-state index < -0.39 is 46.2 Å². The summed E-state index contributed by atoms with van der Waals surface area (Å²) in [5.74, 6) is -3.14. The molecule has 2 aliphatic rings. The lowest BCUT2D eigenvalue weighted by molar-refractivity contribution is -0.138. The highest BCUT2D eigenvalue weighted by Gasteiger charge is 2.45. The Morgan fingerprint density at radius 2 is 1.69 bits per heavy atom. The van der Waals surface area contributed by atoms with Crippen LogP contribution in [0.25, 0.3) is 23.2 Å². The number of likely N-dealkylation sites (tertiary alicyclic amines) is 1. The van der Waals surface area contributed by atoms with Crippen LogP contribution in [0.1, 0.15) is 63.4 Å². The smallest absolute Gasteiger partial charge is 0.422 e. The highest BCUT2D eigenvalue weighted by molar-refractivity contribution is 5.83. The van der Waals surface area contributed by atoms with Crippen LogP contribution in [-0.4, -0.2) is 62.9 Å². The number of hydrogen-bond donors (Lipinski definition) is 0. The summed E-state index contributed by atoms with van der Waals surface area (Å²) in [4.78, 5) is 24.3. The fourth-order valence-electron chi connectivity index (χ4n) is 6.63. The van der Waals surface area contributed by atoms with Crippen molar-refractivity contribution in [3.8, 4) is 22.8 Å². The lowest BCUT2D eigenvalue weighted by atomic mass is 9.72. The molecule has 0 N–H and O–H groups in total. The zero-order valence-corrected chi connectivity index (χ0v) is 28.4. The molecule has 0 atom stereocenters. The molecule has 6 rings (SSSR count). The van der Waals surface area contributed by atoms with Crippen molar-refractivity contribution in [2.24, 2.45) is 5.41 Å². The Morgan fingerprint density at radius 1 is 0.922 bits per heavy atom. The van der Waals surface area contributed by atoms with E-state index in [1.807, 2.05) is 0 Å². The molecule has 4 heterocycles. The van der Waals surface area contributed by atoms with Crippen molar-refractivity contribution >= 4 is 23.7 Å². The molecule has 2 fully saturated rings. The monoisotopic (exact) mass is 708 g/mol. The number of amides is 1. The molecule has 51 heavy (non-hydrogen) atoms. The molecule has 9 nitrogen and oxygen atoms in total. The molecule has 0 saturated carbocycles. The van der Waals surface area contributed by atoms with Gasteiger partial charge in [0.15, 0.2) is 23.2 Å². The Balaban J connectivity index is 1.40. The molecule has 0 aliphatic carbocycles. The Morgan fingerprint density at radius 3 is 2.37 bits per heavy atom. The van der Waals surface area contributed by atoms with Crippen LogP contribution >= 0.6 is 0 Å². The third kappa shape index (κ3) is 8.26. The van der Waals surface area contributed by atoms with E-state index in [2.05, 4.69) is 20.2 Å². The number of ether oxygens (including phenoxy) is 2. The van der Waals surface area contributed by atoms with Crippen molar-refractivity contribution in [2.45, 2.75) is 58.2 Å². The maximum Gasteiger partial charge on any atom is 0.422 e. The van der Waals surface area contributed by atoms with E-state index >= 15 is 17.6 Å². The van der Waals surface area contributed by atoms with Crippen LogP contribution in [0.4, 0.5) is 32.4 Å². The number of halogens is 5. The lowest BCUT2D eigenvalue weighted by Gasteiger charge is -2.49. The molecule has 1 amide bonds. The minimum Gasteiger partial charge on any atom is -0.454 e. The molecular formula is C37H37F5N6O3. The van der Waals surface area contributed by atoms with E-state index in [1.165, 1.54) is 42.9 Å². The SMILES string of the molecule is CC(C)(C)OC(=O)N1CCC2(CCCN(c3c(/C=C(\F)c4nccc(-c5ccnnc5)n4)ccc(Oc4ccccc4F)c3C(F)(F)F)C2)CC1. The standard InChI is InChI=1S/C37H37F5N6O3/c1-35(2,3)51-34(49)47-19-14-36(15-20-47)13-6-18-48(23-36)32-24(21-27(39)33-43-16-12-28(46-33)25-11-17-44-45-22-25)9-10-30(31(32)37(40,41)42)50-29-8-5-4-7-26(29)38/h4-5,7-12,16-17,21-22H,6,13-15,18-20,23H2,1-3H3/b27-21-. The molecule has 2 saturated heterocycles. The van der Waals surface area contributed by atoms with Crippen molar-refractivity contribution in [3.63, 3.8) is 0 Å². The van der Waals surface area contributed by atoms with Crippen LogP contribution in [0.5, 0.6) is 11.5 Å². The Labute approximate surface area is 292 Å². The van der Waals surface area contributed by atoms with Gasteiger partial charge < -0.3 is 19.3 Å². The number of rotatable bonds is 6. The van der Waals surface area contributed by atoms with E-state index in [0.717, 1.165) is 24.6 Å². The summed E-state index contributed by atoms with van der Waals surface area (Å²) in [6.45, 7) is 6.58. The highest BCUT2D eigenvalue weighted by atomic mass is 19.4. The molecule has 268 valence electrons. The molecule has 2 aromatic carbocycles. The second kappa shape index (κ2) is 14.2. The van der Waals surface area contributed by atoms with Crippen molar-refractivity contribution < 1.29 is 36.2 Å². The number of carbonyl (C=O) groups is 1. The molecule has 14 heteroatoms. The van der Waals surface area contributed by atoms with E-state index in [9.17, 15) is 9.18 Å². The summed E-state index contributed by atoms with van der Waals surface area (Å²) >= 11 is 0. The summed E-state index contributed by atoms with van der Waals surface area (Å²) in [5, 5.41) is 7.54. The number of hydrogen-bond acceptors (Lipinski definition) is 8. The number of nitrogens with zero attached hydrogens (tertiary/aromatic N) is 6. The largest absolute Gasteiger partial charge is 0.454 e. The maximum absolute atomic E-state index is 16.1. The zero-order chi connectivity index (χ0) is 36.4. The zero-order valence-electron chi connectivity index (χ0n) is 28.4. The van der Waals surface area contributed by atoms with Gasteiger partial charge in [-0.05, 0) is 94.3 Å². The van der Waals surface area contributed by atoms with Crippen LogP contribution in [0.2, 0.25) is 0 Å². The molecule has 0 unspecified atom stereocenters. The third-order valence-corrected chi connectivity index (χ3v) is 9.00. The highest BCUT2D eigenvalue weighted by Crippen LogP contribution is 2.50. The van der Waals surface area contributed by atoms with Gasteiger partial charge in [0.1, 0.15) is 16.9 Å². The van der Waals surface area contributed by atoms with Crippen LogP contribution in [0.15, 0.2) is 67.1 Å². The van der Waals surface area contributed by atoms with Gasteiger partial charge in [0.25, 0.3) is 0 Å². The van der Waals surface area contributed by atoms with Crippen molar-refractivity contribution in [2.75, 3.05) is 31.1 Å². The second-order valence-electron chi connectivity index (χ2n) is 13.8. The van der Waals surface area contributed by atoms with Gasteiger partial charge in [-0.25, -0.2) is 23.5 Å². The van der Waals surface area contributed by atoms with Crippen LogP contribution in [-0.2, 0) is 10.9 Å². The van der Waals surface area contributed by atoms with Gasteiger partial charge in [0.05, 0.1) is 23.8 Å². The number of aromatic nitrogens is 4. The van der Waals surface area contributed by atoms with Crippen LogP contribution in [0, 0.1) is 11.2 Å². The average Bonchev–Trinajstić information content (AvgIpc) is 3.09. The molecular weight excluding hydrogens is 671 g/mol. The van der Waals surface area contributed by atoms with Gasteiger partial charge in [0, 0.05) is 43.5 Å². The molecule has 0 bridgehead atoms. The van der Waals surface area contributed by atoms with Gasteiger partial charge >= 0.3 is 12.3 Å². The number of carbonyl (C=O) groups excluding carboxylic acids is 1. The summed E-state index contributed by atoms with van der Waals surface area (Å²) in [7, 11) is 0. The summed E-state index contributed by atoms with van der Waals surface area (Å²) in [6, 6.07) is 10.7. The third-order valence-electron chi connectivity index (χ3n) is 9.00. The van der Waals surface area contributed by atoms with Crippen molar-refractivity contribution in [1.82, 2.24) is 25.1 Å². The maximum atomic E-state index is 16.1. The summed E-state index contributed by atoms with van der Waals surface area (Å²) in [5.41, 5.74) is -1.73. The molecule has 1 spiro atoms. The number of benzene rings is 2. The summed E-state index contributed by atoms with van der Waals surface area (Å²) < 4.78 is 87.6. The number of piperidine rings is 2. The van der Waals surface area contributed by atoms with Crippen molar-refractivity contribution in [1.29, 1.82) is 0 Å². The van der Waals surface area contributed by atoms with E-state index in [4.69, 9.17) is 9.47 Å². The minimum absolute atomic E-state index is 0.0801. The van der Waals surface area contributed by atoms with Gasteiger partial charge in [-0.3, -0.25) is 0 Å². The topological polar surface area (TPSA) is 93.6 Å². The van der Waals surface area contributed by atoms with Gasteiger partial charge in [0.2, 0.25) is 0 Å². The first-order valence-electron chi connectivity index (χ1n) is 16.6. The van der Waals surface area contributed by atoms with Crippen LogP contribution < -0.4 is 9.64 Å². The first-order chi connectivity index (χ1) is 24.2. The van der Waals surface area contributed by atoms with Gasteiger partial charge in [-0.1, -0.05) is 12.1 Å². The molecule has 0 radical (unpaired) electrons. The molecule has 2 aliphatic heterocycles. The van der Waals surface area contributed by atoms with Gasteiger partial charge in [-0.15, -0.1) is 0 Å². The lowest BCUT2D eigenvalue weighted by Crippen LogP contribution is -2.51. The average molecular weight is 709 g/mol. The normalized spacial score (nSPS) is 16.7. The predicted octanol–water partition coefficient (Wildman–Crippen LogP) is 8.97. The van der Waals surface area contributed by atoms with Crippen molar-refractivity contribution in [3.05, 3.63) is 89.9 Å². The Bertz CT molecular complexity index is 1910. The molecule has 2 aromatic heterocycles. The number of alkyl halides is 3. The number of para-hydroxylation sites is 1. The van der Waals surface area contributed by atoms with Crippen LogP contribution in [0.3, 0.4) is 0 Å². The van der Waals surface area contributed by atoms with E-state index in [0.29, 0.717) is 43.6 Å². The second-order valence-corrected chi connectivity index (χ2v) is 13.8. The molecule has 4 aromatic rings. The first kappa shape index (κ1) is 35.7. The van der Waals surface area contributed by atoms with Gasteiger partial charge in [-0.2, -0.15) is 23.4 Å². The Hall–Kier alpha value is -5.14. The minimum atomic E-state index is -4.98. The first-order valence-corrected chi connectivity index (χ1v) is 16.6. The number of anilines is 1. The quantitative estimate of drug-likeness (QED) is 0.183. The fraction of sp³-hybridized carbons (Fsp3) is 0.378. The van der Waals surface area contributed by atoms with E-state index in [1.54, 1.807) is 42.7 Å². The fourth-order valence-corrected chi connectivity index (χ4v) is 6.63. The predicted molar refractivity (Wildman–Crippen MR) is 181 cm³/mol. The summed E-state index contributed by atoms with van der Waals surface area (Å²) in [6.07, 6.45) is 2.18.